The van der Waals surface area contributed by atoms with Crippen LogP contribution in [0.4, 0.5) is 0 Å². The molecule has 1 heterocycles. The lowest BCUT2D eigenvalue weighted by atomic mass is 10.0. The largest absolute Gasteiger partial charge is 0.496 e. The van der Waals surface area contributed by atoms with Gasteiger partial charge in [-0.05, 0) is 44.9 Å². The van der Waals surface area contributed by atoms with E-state index >= 15 is 0 Å². The number of rotatable bonds is 5. The van der Waals surface area contributed by atoms with Gasteiger partial charge in [0.05, 0.1) is 18.0 Å². The maximum absolute atomic E-state index is 12.5. The summed E-state index contributed by atoms with van der Waals surface area (Å²) >= 11 is 1.57. The zero-order chi connectivity index (χ0) is 16.3. The molecule has 0 aliphatic heterocycles. The Bertz CT molecular complexity index is 676. The fourth-order valence-electron chi connectivity index (χ4n) is 2.52. The first-order valence-corrected chi connectivity index (χ1v) is 8.32. The normalized spacial score (nSPS) is 12.0. The van der Waals surface area contributed by atoms with Crippen molar-refractivity contribution < 1.29 is 9.53 Å². The molecule has 2 rings (SSSR count). The fraction of sp³-hybridized carbons (Fsp3) is 0.389. The monoisotopic (exact) mass is 317 g/mol. The van der Waals surface area contributed by atoms with Crippen LogP contribution in [0.3, 0.4) is 0 Å². The lowest BCUT2D eigenvalue weighted by molar-refractivity contribution is 0.0943. The van der Waals surface area contributed by atoms with E-state index in [0.29, 0.717) is 0 Å². The Labute approximate surface area is 136 Å². The number of thiophene rings is 1. The van der Waals surface area contributed by atoms with Crippen LogP contribution in [0.1, 0.15) is 51.1 Å². The molecule has 1 N–H and O–H groups in total. The highest BCUT2D eigenvalue weighted by molar-refractivity contribution is 7.14. The SMILES string of the molecule is CCc1sc(C(=O)N[C@@H](C)c2cc(C)ccc2OC)cc1C. The molecule has 0 fully saturated rings. The molecule has 1 amide bonds. The highest BCUT2D eigenvalue weighted by Gasteiger charge is 2.17. The van der Waals surface area contributed by atoms with Crippen LogP contribution >= 0.6 is 11.3 Å². The summed E-state index contributed by atoms with van der Waals surface area (Å²) in [5.74, 6) is 0.777. The summed E-state index contributed by atoms with van der Waals surface area (Å²) in [6, 6.07) is 7.87. The smallest absolute Gasteiger partial charge is 0.261 e. The molecule has 0 aliphatic carbocycles. The van der Waals surface area contributed by atoms with Crippen LogP contribution in [0.5, 0.6) is 5.75 Å². The fourth-order valence-corrected chi connectivity index (χ4v) is 3.54. The molecular weight excluding hydrogens is 294 g/mol. The molecule has 0 aliphatic rings. The number of hydrogen-bond acceptors (Lipinski definition) is 3. The van der Waals surface area contributed by atoms with E-state index in [1.165, 1.54) is 10.4 Å². The molecule has 0 saturated carbocycles. The number of aryl methyl sites for hydroxylation is 3. The standard InChI is InChI=1S/C18H23NO2S/c1-6-16-12(3)10-17(22-16)18(20)19-13(4)14-9-11(2)7-8-15(14)21-5/h7-10,13H,6H2,1-5H3,(H,19,20)/t13-/m0/s1. The van der Waals surface area contributed by atoms with Crippen molar-refractivity contribution in [3.8, 4) is 5.75 Å². The van der Waals surface area contributed by atoms with E-state index < -0.39 is 0 Å². The molecule has 0 radical (unpaired) electrons. The lowest BCUT2D eigenvalue weighted by Gasteiger charge is -2.17. The maximum Gasteiger partial charge on any atom is 0.261 e. The summed E-state index contributed by atoms with van der Waals surface area (Å²) in [5, 5.41) is 3.07. The van der Waals surface area contributed by atoms with E-state index in [-0.39, 0.29) is 11.9 Å². The second kappa shape index (κ2) is 6.97. The van der Waals surface area contributed by atoms with Crippen molar-refractivity contribution in [3.63, 3.8) is 0 Å². The molecule has 1 atom stereocenters. The van der Waals surface area contributed by atoms with Gasteiger partial charge in [-0.3, -0.25) is 4.79 Å². The number of hydrogen-bond donors (Lipinski definition) is 1. The third kappa shape index (κ3) is 3.50. The Kier molecular flexibility index (Phi) is 5.24. The third-order valence-corrected chi connectivity index (χ3v) is 5.15. The van der Waals surface area contributed by atoms with Gasteiger partial charge in [-0.1, -0.05) is 24.6 Å². The number of nitrogens with one attached hydrogen (secondary N) is 1. The van der Waals surface area contributed by atoms with Crippen molar-refractivity contribution in [1.82, 2.24) is 5.32 Å². The lowest BCUT2D eigenvalue weighted by Crippen LogP contribution is -2.26. The van der Waals surface area contributed by atoms with Gasteiger partial charge in [-0.15, -0.1) is 11.3 Å². The van der Waals surface area contributed by atoms with Crippen molar-refractivity contribution in [2.75, 3.05) is 7.11 Å². The highest BCUT2D eigenvalue weighted by atomic mass is 32.1. The number of benzene rings is 1. The molecule has 1 aromatic heterocycles. The number of carbonyl (C=O) groups excluding carboxylic acids is 1. The number of ether oxygens (including phenoxy) is 1. The first-order chi connectivity index (χ1) is 10.5. The molecule has 2 aromatic rings. The van der Waals surface area contributed by atoms with Gasteiger partial charge in [0.2, 0.25) is 0 Å². The van der Waals surface area contributed by atoms with Crippen LogP contribution in [0, 0.1) is 13.8 Å². The molecule has 22 heavy (non-hydrogen) atoms. The topological polar surface area (TPSA) is 38.3 Å². The van der Waals surface area contributed by atoms with E-state index in [4.69, 9.17) is 4.74 Å². The molecule has 0 saturated heterocycles. The average molecular weight is 317 g/mol. The Morgan fingerprint density at radius 1 is 1.32 bits per heavy atom. The van der Waals surface area contributed by atoms with Gasteiger partial charge < -0.3 is 10.1 Å². The first-order valence-electron chi connectivity index (χ1n) is 7.51. The van der Waals surface area contributed by atoms with E-state index in [1.807, 2.05) is 32.0 Å². The predicted octanol–water partition coefficient (Wildman–Crippen LogP) is 4.43. The summed E-state index contributed by atoms with van der Waals surface area (Å²) in [7, 11) is 1.65. The number of carbonyl (C=O) groups is 1. The van der Waals surface area contributed by atoms with E-state index in [2.05, 4.69) is 25.2 Å². The van der Waals surface area contributed by atoms with Crippen LogP contribution in [0.25, 0.3) is 0 Å². The van der Waals surface area contributed by atoms with Crippen molar-refractivity contribution in [3.05, 3.63) is 50.7 Å². The quantitative estimate of drug-likeness (QED) is 0.886. The number of methoxy groups -OCH3 is 1. The van der Waals surface area contributed by atoms with Gasteiger partial charge in [0.25, 0.3) is 5.91 Å². The predicted molar refractivity (Wildman–Crippen MR) is 92.0 cm³/mol. The number of amides is 1. The Balaban J connectivity index is 2.19. The summed E-state index contributed by atoms with van der Waals surface area (Å²) < 4.78 is 5.40. The molecule has 118 valence electrons. The molecule has 0 unspecified atom stereocenters. The van der Waals surface area contributed by atoms with Crippen molar-refractivity contribution in [1.29, 1.82) is 0 Å². The van der Waals surface area contributed by atoms with Crippen molar-refractivity contribution in [2.24, 2.45) is 0 Å². The molecule has 0 spiro atoms. The second-order valence-electron chi connectivity index (χ2n) is 5.51. The summed E-state index contributed by atoms with van der Waals surface area (Å²) in [4.78, 5) is 14.5. The maximum atomic E-state index is 12.5. The molecule has 3 nitrogen and oxygen atoms in total. The third-order valence-electron chi connectivity index (χ3n) is 3.76. The zero-order valence-corrected chi connectivity index (χ0v) is 14.6. The molecule has 4 heteroatoms. The summed E-state index contributed by atoms with van der Waals surface area (Å²) in [6.07, 6.45) is 0.963. The van der Waals surface area contributed by atoms with Crippen LogP contribution < -0.4 is 10.1 Å². The summed E-state index contributed by atoms with van der Waals surface area (Å²) in [5.41, 5.74) is 3.34. The minimum atomic E-state index is -0.102. The Morgan fingerprint density at radius 2 is 2.05 bits per heavy atom. The highest BCUT2D eigenvalue weighted by Crippen LogP contribution is 2.27. The first kappa shape index (κ1) is 16.6. The van der Waals surface area contributed by atoms with Gasteiger partial charge in [0.1, 0.15) is 5.75 Å². The van der Waals surface area contributed by atoms with Crippen LogP contribution in [0.2, 0.25) is 0 Å². The Hall–Kier alpha value is -1.81. The van der Waals surface area contributed by atoms with Crippen LogP contribution in [-0.2, 0) is 6.42 Å². The van der Waals surface area contributed by atoms with Crippen molar-refractivity contribution >= 4 is 17.2 Å². The minimum Gasteiger partial charge on any atom is -0.496 e. The second-order valence-corrected chi connectivity index (χ2v) is 6.65. The van der Waals surface area contributed by atoms with E-state index in [9.17, 15) is 4.79 Å². The van der Waals surface area contributed by atoms with Gasteiger partial charge in [-0.25, -0.2) is 0 Å². The Morgan fingerprint density at radius 3 is 2.64 bits per heavy atom. The van der Waals surface area contributed by atoms with Crippen molar-refractivity contribution in [2.45, 2.75) is 40.2 Å². The van der Waals surface area contributed by atoms with Crippen LogP contribution in [-0.4, -0.2) is 13.0 Å². The molecular formula is C18H23NO2S. The van der Waals surface area contributed by atoms with E-state index in [0.717, 1.165) is 28.2 Å². The molecule has 1 aromatic carbocycles. The van der Waals surface area contributed by atoms with Gasteiger partial charge in [-0.2, -0.15) is 0 Å². The van der Waals surface area contributed by atoms with E-state index in [1.54, 1.807) is 18.4 Å². The van der Waals surface area contributed by atoms with Gasteiger partial charge in [0, 0.05) is 10.4 Å². The molecule has 0 bridgehead atoms. The summed E-state index contributed by atoms with van der Waals surface area (Å²) in [6.45, 7) is 8.18. The minimum absolute atomic E-state index is 0.0242. The van der Waals surface area contributed by atoms with Gasteiger partial charge in [0.15, 0.2) is 0 Å². The van der Waals surface area contributed by atoms with Crippen LogP contribution in [0.15, 0.2) is 24.3 Å². The zero-order valence-electron chi connectivity index (χ0n) is 13.8. The average Bonchev–Trinajstić information content (AvgIpc) is 2.88. The van der Waals surface area contributed by atoms with Gasteiger partial charge >= 0.3 is 0 Å².